The molecule has 0 heterocycles. The smallest absolute Gasteiger partial charge is 0.664 e. The zero-order valence-electron chi connectivity index (χ0n) is 4.20. The second-order valence-corrected chi connectivity index (χ2v) is 4.54. The first kappa shape index (κ1) is 9.50. The van der Waals surface area contributed by atoms with Crippen molar-refractivity contribution < 1.29 is 20.0 Å². The van der Waals surface area contributed by atoms with Gasteiger partial charge in [0.1, 0.15) is 0 Å². The highest BCUT2D eigenvalue weighted by Gasteiger charge is 2.15. The van der Waals surface area contributed by atoms with Crippen molar-refractivity contribution in [1.29, 1.82) is 0 Å². The molecule has 0 saturated heterocycles. The van der Waals surface area contributed by atoms with Crippen LogP contribution in [-0.2, 0) is 20.0 Å². The zero-order chi connectivity index (χ0) is 7.28. The van der Waals surface area contributed by atoms with E-state index in [9.17, 15) is 8.92 Å². The number of hydrogen-bond donors (Lipinski definition) is 0. The van der Waals surface area contributed by atoms with E-state index >= 15 is 0 Å². The maximum absolute atomic E-state index is 10.2. The van der Waals surface area contributed by atoms with Gasteiger partial charge >= 0.3 is 51.6 Å². The van der Waals surface area contributed by atoms with Gasteiger partial charge in [0, 0.05) is 0 Å². The van der Waals surface area contributed by atoms with Crippen LogP contribution in [0.1, 0.15) is 0 Å². The van der Waals surface area contributed by atoms with E-state index in [-0.39, 0.29) is 0 Å². The lowest BCUT2D eigenvalue weighted by Gasteiger charge is -1.99. The van der Waals surface area contributed by atoms with Crippen LogP contribution in [0.5, 0.6) is 0 Å². The molecule has 0 bridgehead atoms. The van der Waals surface area contributed by atoms with Crippen molar-refractivity contribution in [2.45, 2.75) is 0 Å². The Morgan fingerprint density at radius 1 is 1.00 bits per heavy atom. The van der Waals surface area contributed by atoms with E-state index in [0.29, 0.717) is 0 Å². The Bertz CT molecular complexity index is 108. The van der Waals surface area contributed by atoms with Gasteiger partial charge in [-0.2, -0.15) is 0 Å². The third-order valence-corrected chi connectivity index (χ3v) is 3.23. The summed E-state index contributed by atoms with van der Waals surface area (Å²) in [5.41, 5.74) is 0. The standard InChI is InChI=1S/2Al.O5Si2/c;;1-6(2)5-7(3)4/q2*+1;-2. The Balaban J connectivity index is 3.47. The van der Waals surface area contributed by atoms with Crippen LogP contribution in [0.2, 0.25) is 0 Å². The Kier molecular flexibility index (Phi) is 5.59. The highest BCUT2D eigenvalue weighted by Crippen LogP contribution is 1.75. The van der Waals surface area contributed by atoms with Crippen LogP contribution in [0.15, 0.2) is 0 Å². The molecule has 9 heteroatoms. The van der Waals surface area contributed by atoms with Gasteiger partial charge in [0.2, 0.25) is 0 Å². The quantitative estimate of drug-likeness (QED) is 0.481. The summed E-state index contributed by atoms with van der Waals surface area (Å²) in [6.07, 6.45) is 0. The van der Waals surface area contributed by atoms with Gasteiger partial charge in [-0.3, -0.25) is 8.92 Å². The highest BCUT2D eigenvalue weighted by atomic mass is 28.4. The van der Waals surface area contributed by atoms with E-state index in [1.165, 1.54) is 0 Å². The van der Waals surface area contributed by atoms with Crippen LogP contribution < -0.4 is 0 Å². The molecule has 0 unspecified atom stereocenters. The predicted octanol–water partition coefficient (Wildman–Crippen LogP) is -1.97. The van der Waals surface area contributed by atoms with Crippen molar-refractivity contribution in [1.82, 2.24) is 0 Å². The summed E-state index contributed by atoms with van der Waals surface area (Å²) in [4.78, 5) is 0. The van der Waals surface area contributed by atoms with E-state index in [1.54, 1.807) is 33.2 Å². The fourth-order valence-corrected chi connectivity index (χ4v) is 1.91. The van der Waals surface area contributed by atoms with E-state index in [4.69, 9.17) is 0 Å². The summed E-state index contributed by atoms with van der Waals surface area (Å²) >= 11 is 3.46. The molecule has 0 N–H and O–H groups in total. The summed E-state index contributed by atoms with van der Waals surface area (Å²) in [5, 5.41) is 0. The molecule has 0 atom stereocenters. The Morgan fingerprint density at radius 3 is 1.56 bits per heavy atom. The van der Waals surface area contributed by atoms with E-state index in [0.717, 1.165) is 0 Å². The molecule has 0 saturated carbocycles. The first-order valence-corrected chi connectivity index (χ1v) is 5.09. The Hall–Kier alpha value is 0.499. The minimum atomic E-state index is -2.63. The molecular weight excluding hydrogens is 190 g/mol. The summed E-state index contributed by atoms with van der Waals surface area (Å²) in [5.74, 6) is 0. The van der Waals surface area contributed by atoms with Gasteiger partial charge in [-0.1, -0.05) is 0 Å². The fraction of sp³-hybridized carbons (Fsp3) is 0. The van der Waals surface area contributed by atoms with Gasteiger partial charge in [0.25, 0.3) is 0 Å². The molecule has 0 aromatic carbocycles. The molecule has 44 valence electrons. The molecule has 0 aromatic rings. The van der Waals surface area contributed by atoms with Crippen LogP contribution in [0, 0.1) is 0 Å². The summed E-state index contributed by atoms with van der Waals surface area (Å²) in [6.45, 7) is 0. The number of rotatable bonds is 4. The molecule has 0 amide bonds. The molecule has 4 radical (unpaired) electrons. The lowest BCUT2D eigenvalue weighted by atomic mass is 15.7. The first-order chi connectivity index (χ1) is 4.20. The largest absolute Gasteiger partial charge is 0.720 e. The molecule has 0 aliphatic heterocycles. The normalized spacial score (nSPS) is 7.56. The second-order valence-electron chi connectivity index (χ2n) is 0.838. The predicted molar refractivity (Wildman–Crippen MR) is 27.6 cm³/mol. The van der Waals surface area contributed by atoms with Gasteiger partial charge in [0.05, 0.1) is 0 Å². The monoisotopic (exact) mass is 190 g/mol. The zero-order valence-corrected chi connectivity index (χ0v) is 8.51. The third kappa shape index (κ3) is 4.97. The van der Waals surface area contributed by atoms with E-state index in [1.807, 2.05) is 0 Å². The van der Waals surface area contributed by atoms with Crippen LogP contribution in [-0.4, -0.2) is 51.6 Å². The van der Waals surface area contributed by atoms with Gasteiger partial charge in [-0.15, -0.1) is 0 Å². The minimum Gasteiger partial charge on any atom is -0.664 e. The van der Waals surface area contributed by atoms with Crippen LogP contribution >= 0.6 is 0 Å². The van der Waals surface area contributed by atoms with E-state index < -0.39 is 18.3 Å². The lowest BCUT2D eigenvalue weighted by molar-refractivity contribution is 0.298. The van der Waals surface area contributed by atoms with Crippen molar-refractivity contribution >= 4 is 51.6 Å². The lowest BCUT2D eigenvalue weighted by Crippen LogP contribution is -2.19. The molecule has 9 heavy (non-hydrogen) atoms. The average Bonchev–Trinajstić information content (AvgIpc) is 1.87. The minimum absolute atomic E-state index is 1.73. The van der Waals surface area contributed by atoms with Crippen molar-refractivity contribution in [3.05, 3.63) is 0 Å². The molecule has 0 aliphatic carbocycles. The average molecular weight is 190 g/mol. The van der Waals surface area contributed by atoms with Crippen molar-refractivity contribution in [3.63, 3.8) is 0 Å². The molecule has 0 aliphatic rings. The molecule has 0 aromatic heterocycles. The van der Waals surface area contributed by atoms with Gasteiger partial charge in [-0.05, 0) is 0 Å². The molecular formula is Al2O5Si2. The van der Waals surface area contributed by atoms with Crippen molar-refractivity contribution in [2.75, 3.05) is 0 Å². The molecule has 0 rings (SSSR count). The maximum atomic E-state index is 10.2. The van der Waals surface area contributed by atoms with Crippen LogP contribution in [0.25, 0.3) is 0 Å². The molecule has 0 spiro atoms. The number of hydrogen-bond acceptors (Lipinski definition) is 5. The van der Waals surface area contributed by atoms with Crippen molar-refractivity contribution in [3.8, 4) is 0 Å². The topological polar surface area (TPSA) is 61.8 Å². The molecule has 0 fully saturated rings. The Morgan fingerprint density at radius 2 is 1.33 bits per heavy atom. The third-order valence-electron chi connectivity index (χ3n) is 0.359. The highest BCUT2D eigenvalue weighted by molar-refractivity contribution is 6.47. The summed E-state index contributed by atoms with van der Waals surface area (Å²) < 4.78 is 32.8. The first-order valence-electron chi connectivity index (χ1n) is 1.70. The maximum Gasteiger partial charge on any atom is 0.720 e. The SMILES string of the molecule is O=[Si]([O][Al])O[Si](=O)[O][Al]. The van der Waals surface area contributed by atoms with Crippen molar-refractivity contribution in [2.24, 2.45) is 0 Å². The summed E-state index contributed by atoms with van der Waals surface area (Å²) in [6, 6.07) is 0. The van der Waals surface area contributed by atoms with E-state index in [2.05, 4.69) is 11.1 Å². The Labute approximate surface area is 71.6 Å². The van der Waals surface area contributed by atoms with Crippen LogP contribution in [0.3, 0.4) is 0 Å². The fourth-order valence-electron chi connectivity index (χ4n) is 0.116. The summed E-state index contributed by atoms with van der Waals surface area (Å²) in [7, 11) is -5.27. The van der Waals surface area contributed by atoms with Gasteiger partial charge in [-0.25, -0.2) is 0 Å². The van der Waals surface area contributed by atoms with Crippen LogP contribution in [0.4, 0.5) is 0 Å². The van der Waals surface area contributed by atoms with Gasteiger partial charge < -0.3 is 11.1 Å². The van der Waals surface area contributed by atoms with Gasteiger partial charge in [0.15, 0.2) is 0 Å². The second kappa shape index (κ2) is 5.30. The molecule has 5 nitrogen and oxygen atoms in total.